The van der Waals surface area contributed by atoms with Crippen molar-refractivity contribution in [3.8, 4) is 0 Å². The molecule has 0 saturated carbocycles. The number of nitrogens with zero attached hydrogens (tertiary/aromatic N) is 2. The molecule has 4 heteroatoms. The van der Waals surface area contributed by atoms with Crippen LogP contribution in [0.15, 0.2) is 48.7 Å². The van der Waals surface area contributed by atoms with Crippen LogP contribution in [0.25, 0.3) is 0 Å². The Morgan fingerprint density at radius 1 is 1.28 bits per heavy atom. The van der Waals surface area contributed by atoms with Crippen molar-refractivity contribution >= 4 is 17.3 Å². The molecule has 0 saturated heterocycles. The molecule has 0 bridgehead atoms. The minimum Gasteiger partial charge on any atom is -0.399 e. The highest BCUT2D eigenvalue weighted by atomic mass is 16.2. The molecule has 1 aromatic carbocycles. The van der Waals surface area contributed by atoms with Gasteiger partial charge in [-0.05, 0) is 30.3 Å². The van der Waals surface area contributed by atoms with Gasteiger partial charge in [0.1, 0.15) is 0 Å². The molecule has 0 fully saturated rings. The zero-order valence-electron chi connectivity index (χ0n) is 10.2. The van der Waals surface area contributed by atoms with Crippen molar-refractivity contribution < 1.29 is 4.79 Å². The Bertz CT molecular complexity index is 540. The monoisotopic (exact) mass is 241 g/mol. The zero-order chi connectivity index (χ0) is 13.0. The third-order valence-corrected chi connectivity index (χ3v) is 2.61. The van der Waals surface area contributed by atoms with Crippen molar-refractivity contribution in [2.45, 2.75) is 13.5 Å². The second kappa shape index (κ2) is 5.31. The molecule has 2 N–H and O–H groups in total. The molecule has 0 atom stereocenters. The van der Waals surface area contributed by atoms with Gasteiger partial charge in [-0.3, -0.25) is 9.78 Å². The van der Waals surface area contributed by atoms with E-state index in [-0.39, 0.29) is 5.91 Å². The molecule has 0 radical (unpaired) electrons. The summed E-state index contributed by atoms with van der Waals surface area (Å²) in [7, 11) is 0. The lowest BCUT2D eigenvalue weighted by molar-refractivity contribution is -0.116. The molecule has 1 heterocycles. The predicted octanol–water partition coefficient (Wildman–Crippen LogP) is 2.22. The number of carbonyl (C=O) groups excluding carboxylic acids is 1. The van der Waals surface area contributed by atoms with Crippen LogP contribution >= 0.6 is 0 Å². The van der Waals surface area contributed by atoms with E-state index in [1.165, 1.54) is 6.92 Å². The minimum atomic E-state index is -0.0359. The van der Waals surface area contributed by atoms with Gasteiger partial charge >= 0.3 is 0 Å². The summed E-state index contributed by atoms with van der Waals surface area (Å²) in [4.78, 5) is 17.6. The molecule has 92 valence electrons. The van der Waals surface area contributed by atoms with Crippen LogP contribution in [0.2, 0.25) is 0 Å². The highest BCUT2D eigenvalue weighted by Gasteiger charge is 2.12. The van der Waals surface area contributed by atoms with E-state index in [0.717, 1.165) is 11.4 Å². The fraction of sp³-hybridized carbons (Fsp3) is 0.143. The first-order valence-electron chi connectivity index (χ1n) is 5.70. The molecule has 0 aliphatic heterocycles. The summed E-state index contributed by atoms with van der Waals surface area (Å²) in [5.41, 5.74) is 8.00. The molecule has 4 nitrogen and oxygen atoms in total. The Labute approximate surface area is 106 Å². The van der Waals surface area contributed by atoms with Gasteiger partial charge in [0, 0.05) is 24.5 Å². The van der Waals surface area contributed by atoms with E-state index in [9.17, 15) is 4.79 Å². The van der Waals surface area contributed by atoms with E-state index in [2.05, 4.69) is 4.98 Å². The van der Waals surface area contributed by atoms with Gasteiger partial charge in [-0.15, -0.1) is 0 Å². The van der Waals surface area contributed by atoms with E-state index in [0.29, 0.717) is 12.2 Å². The Morgan fingerprint density at radius 2 is 2.11 bits per heavy atom. The van der Waals surface area contributed by atoms with Crippen LogP contribution in [0.1, 0.15) is 12.6 Å². The van der Waals surface area contributed by atoms with Crippen LogP contribution in [0, 0.1) is 0 Å². The molecule has 1 aromatic heterocycles. The van der Waals surface area contributed by atoms with Crippen molar-refractivity contribution in [3.05, 3.63) is 54.4 Å². The van der Waals surface area contributed by atoms with Crippen molar-refractivity contribution in [1.29, 1.82) is 0 Å². The minimum absolute atomic E-state index is 0.0359. The van der Waals surface area contributed by atoms with Gasteiger partial charge in [0.2, 0.25) is 5.91 Å². The third kappa shape index (κ3) is 2.85. The maximum absolute atomic E-state index is 11.7. The van der Waals surface area contributed by atoms with Gasteiger partial charge in [-0.25, -0.2) is 0 Å². The van der Waals surface area contributed by atoms with Gasteiger partial charge in [0.25, 0.3) is 0 Å². The van der Waals surface area contributed by atoms with Gasteiger partial charge in [0.05, 0.1) is 12.2 Å². The van der Waals surface area contributed by atoms with Crippen molar-refractivity contribution in [1.82, 2.24) is 4.98 Å². The number of pyridine rings is 1. The summed E-state index contributed by atoms with van der Waals surface area (Å²) in [5.74, 6) is -0.0359. The molecule has 0 aliphatic rings. The number of amides is 1. The fourth-order valence-electron chi connectivity index (χ4n) is 1.73. The molecular weight excluding hydrogens is 226 g/mol. The van der Waals surface area contributed by atoms with Gasteiger partial charge in [-0.1, -0.05) is 12.1 Å². The lowest BCUT2D eigenvalue weighted by Gasteiger charge is -2.21. The van der Waals surface area contributed by atoms with Crippen LogP contribution in [0.4, 0.5) is 11.4 Å². The number of aromatic nitrogens is 1. The van der Waals surface area contributed by atoms with Crippen LogP contribution < -0.4 is 10.6 Å². The lowest BCUT2D eigenvalue weighted by Crippen LogP contribution is -2.28. The number of hydrogen-bond donors (Lipinski definition) is 1. The largest absolute Gasteiger partial charge is 0.399 e. The summed E-state index contributed by atoms with van der Waals surface area (Å²) >= 11 is 0. The van der Waals surface area contributed by atoms with Crippen LogP contribution in [-0.2, 0) is 11.3 Å². The smallest absolute Gasteiger partial charge is 0.224 e. The summed E-state index contributed by atoms with van der Waals surface area (Å²) in [6.07, 6.45) is 1.72. The van der Waals surface area contributed by atoms with E-state index in [1.807, 2.05) is 30.3 Å². The summed E-state index contributed by atoms with van der Waals surface area (Å²) in [5, 5.41) is 0. The molecule has 2 rings (SSSR count). The lowest BCUT2D eigenvalue weighted by atomic mass is 10.2. The van der Waals surface area contributed by atoms with Crippen molar-refractivity contribution in [2.75, 3.05) is 10.6 Å². The van der Waals surface area contributed by atoms with E-state index < -0.39 is 0 Å². The second-order valence-corrected chi connectivity index (χ2v) is 4.02. The van der Waals surface area contributed by atoms with Gasteiger partial charge in [0.15, 0.2) is 0 Å². The average molecular weight is 241 g/mol. The molecule has 1 amide bonds. The van der Waals surface area contributed by atoms with E-state index in [4.69, 9.17) is 5.73 Å². The van der Waals surface area contributed by atoms with Gasteiger partial charge in [-0.2, -0.15) is 0 Å². The standard InChI is InChI=1S/C14H15N3O/c1-11(18)17(10-13-6-2-3-8-16-13)14-7-4-5-12(15)9-14/h2-9H,10,15H2,1H3. The first-order valence-corrected chi connectivity index (χ1v) is 5.70. The molecular formula is C14H15N3O. The van der Waals surface area contributed by atoms with Crippen molar-refractivity contribution in [2.24, 2.45) is 0 Å². The van der Waals surface area contributed by atoms with Crippen LogP contribution in [-0.4, -0.2) is 10.9 Å². The maximum atomic E-state index is 11.7. The Kier molecular flexibility index (Phi) is 3.57. The number of hydrogen-bond acceptors (Lipinski definition) is 3. The highest BCUT2D eigenvalue weighted by molar-refractivity contribution is 5.91. The topological polar surface area (TPSA) is 59.2 Å². The number of benzene rings is 1. The Balaban J connectivity index is 2.27. The average Bonchev–Trinajstić information content (AvgIpc) is 2.37. The third-order valence-electron chi connectivity index (χ3n) is 2.61. The first-order chi connectivity index (χ1) is 8.66. The molecule has 2 aromatic rings. The van der Waals surface area contributed by atoms with Crippen molar-refractivity contribution in [3.63, 3.8) is 0 Å². The predicted molar refractivity (Wildman–Crippen MR) is 72.0 cm³/mol. The molecule has 0 unspecified atom stereocenters. The van der Waals surface area contributed by atoms with E-state index >= 15 is 0 Å². The maximum Gasteiger partial charge on any atom is 0.224 e. The summed E-state index contributed by atoms with van der Waals surface area (Å²) in [6, 6.07) is 12.9. The number of carbonyl (C=O) groups is 1. The number of nitrogens with two attached hydrogens (primary N) is 1. The van der Waals surface area contributed by atoms with E-state index in [1.54, 1.807) is 23.2 Å². The van der Waals surface area contributed by atoms with Gasteiger partial charge < -0.3 is 10.6 Å². The second-order valence-electron chi connectivity index (χ2n) is 4.02. The summed E-state index contributed by atoms with van der Waals surface area (Å²) < 4.78 is 0. The zero-order valence-corrected chi connectivity index (χ0v) is 10.2. The quantitative estimate of drug-likeness (QED) is 0.838. The number of anilines is 2. The SMILES string of the molecule is CC(=O)N(Cc1ccccn1)c1cccc(N)c1. The summed E-state index contributed by atoms with van der Waals surface area (Å²) in [6.45, 7) is 1.98. The fourth-order valence-corrected chi connectivity index (χ4v) is 1.73. The Hall–Kier alpha value is -2.36. The molecule has 0 spiro atoms. The molecule has 18 heavy (non-hydrogen) atoms. The Morgan fingerprint density at radius 3 is 2.72 bits per heavy atom. The van der Waals surface area contributed by atoms with Crippen LogP contribution in [0.5, 0.6) is 0 Å². The normalized spacial score (nSPS) is 10.1. The number of nitrogen functional groups attached to an aromatic ring is 1. The van der Waals surface area contributed by atoms with Crippen LogP contribution in [0.3, 0.4) is 0 Å². The molecule has 0 aliphatic carbocycles. The number of rotatable bonds is 3. The first kappa shape index (κ1) is 12.1. The highest BCUT2D eigenvalue weighted by Crippen LogP contribution is 2.19.